The zero-order chi connectivity index (χ0) is 21.3. The lowest BCUT2D eigenvalue weighted by Crippen LogP contribution is -2.50. The average molecular weight is 502 g/mol. The van der Waals surface area contributed by atoms with E-state index in [0.29, 0.717) is 31.7 Å². The van der Waals surface area contributed by atoms with Crippen molar-refractivity contribution in [2.75, 3.05) is 31.1 Å². The van der Waals surface area contributed by atoms with E-state index in [2.05, 4.69) is 33.6 Å². The van der Waals surface area contributed by atoms with Gasteiger partial charge in [-0.25, -0.2) is 9.59 Å². The first-order valence-electron chi connectivity index (χ1n) is 9.53. The van der Waals surface area contributed by atoms with Crippen LogP contribution in [0.4, 0.5) is 10.5 Å². The molecule has 28 heavy (non-hydrogen) atoms. The quantitative estimate of drug-likeness (QED) is 0.437. The van der Waals surface area contributed by atoms with Crippen LogP contribution < -0.4 is 4.90 Å². The monoisotopic (exact) mass is 502 g/mol. The number of carbonyl (C=O) groups excluding carboxylic acids is 2. The summed E-state index contributed by atoms with van der Waals surface area (Å²) >= 11 is 2.25. The number of carbonyl (C=O) groups is 2. The Morgan fingerprint density at radius 3 is 1.96 bits per heavy atom. The summed E-state index contributed by atoms with van der Waals surface area (Å²) in [4.78, 5) is 28.8. The third kappa shape index (κ3) is 6.25. The van der Waals surface area contributed by atoms with Crippen molar-refractivity contribution in [1.29, 1.82) is 0 Å². The lowest BCUT2D eigenvalue weighted by atomic mass is 10.1. The standard InChI is InChI=1S/C21H31IN2O4/c1-14-16(18(25)27-20(2,3)4)12-15(13-17(14)22)23-8-10-24(11-9-23)19(26)28-21(5,6)7/h12-13H,8-11H2,1-7H3. The van der Waals surface area contributed by atoms with Crippen LogP contribution in [0, 0.1) is 10.5 Å². The molecular formula is C21H31IN2O4. The lowest BCUT2D eigenvalue weighted by Gasteiger charge is -2.37. The van der Waals surface area contributed by atoms with E-state index in [9.17, 15) is 9.59 Å². The summed E-state index contributed by atoms with van der Waals surface area (Å²) in [6.07, 6.45) is -0.278. The second-order valence-corrected chi connectivity index (χ2v) is 10.2. The first-order valence-corrected chi connectivity index (χ1v) is 10.6. The van der Waals surface area contributed by atoms with Crippen molar-refractivity contribution in [2.24, 2.45) is 0 Å². The molecule has 0 saturated carbocycles. The molecule has 1 aliphatic heterocycles. The van der Waals surface area contributed by atoms with Crippen molar-refractivity contribution < 1.29 is 19.1 Å². The van der Waals surface area contributed by atoms with Gasteiger partial charge < -0.3 is 19.3 Å². The van der Waals surface area contributed by atoms with Gasteiger partial charge in [-0.2, -0.15) is 0 Å². The molecule has 0 atom stereocenters. The number of ether oxygens (including phenoxy) is 2. The summed E-state index contributed by atoms with van der Waals surface area (Å²) in [5, 5.41) is 0. The highest BCUT2D eigenvalue weighted by molar-refractivity contribution is 14.1. The molecule has 1 saturated heterocycles. The number of hydrogen-bond acceptors (Lipinski definition) is 5. The second-order valence-electron chi connectivity index (χ2n) is 9.06. The fourth-order valence-electron chi connectivity index (χ4n) is 2.87. The van der Waals surface area contributed by atoms with Crippen molar-refractivity contribution in [2.45, 2.75) is 59.7 Å². The first-order chi connectivity index (χ1) is 12.8. The maximum absolute atomic E-state index is 12.6. The molecule has 1 heterocycles. The molecule has 0 spiro atoms. The molecule has 2 rings (SSSR count). The Hall–Kier alpha value is -1.51. The molecule has 1 amide bonds. The summed E-state index contributed by atoms with van der Waals surface area (Å²) in [5.41, 5.74) is 1.45. The summed E-state index contributed by atoms with van der Waals surface area (Å²) < 4.78 is 12.0. The van der Waals surface area contributed by atoms with Crippen molar-refractivity contribution in [3.8, 4) is 0 Å². The van der Waals surface area contributed by atoms with Gasteiger partial charge in [-0.1, -0.05) is 0 Å². The molecule has 7 heteroatoms. The van der Waals surface area contributed by atoms with Crippen LogP contribution in [0.25, 0.3) is 0 Å². The fraction of sp³-hybridized carbons (Fsp3) is 0.619. The highest BCUT2D eigenvalue weighted by Crippen LogP contribution is 2.27. The Bertz CT molecular complexity index is 742. The summed E-state index contributed by atoms with van der Waals surface area (Å²) in [6, 6.07) is 3.97. The van der Waals surface area contributed by atoms with Crippen LogP contribution in [-0.4, -0.2) is 54.3 Å². The number of halogens is 1. The Morgan fingerprint density at radius 2 is 1.46 bits per heavy atom. The summed E-state index contributed by atoms with van der Waals surface area (Å²) in [5.74, 6) is -0.308. The van der Waals surface area contributed by atoms with Crippen LogP contribution in [-0.2, 0) is 9.47 Å². The lowest BCUT2D eigenvalue weighted by molar-refractivity contribution is 0.00681. The fourth-order valence-corrected chi connectivity index (χ4v) is 3.48. The van der Waals surface area contributed by atoms with Gasteiger partial charge in [0, 0.05) is 35.4 Å². The molecule has 0 bridgehead atoms. The third-order valence-electron chi connectivity index (χ3n) is 4.24. The molecule has 1 aromatic carbocycles. The van der Waals surface area contributed by atoms with Gasteiger partial charge in [0.15, 0.2) is 0 Å². The van der Waals surface area contributed by atoms with Crippen molar-refractivity contribution in [1.82, 2.24) is 4.90 Å². The largest absolute Gasteiger partial charge is 0.456 e. The number of esters is 1. The van der Waals surface area contributed by atoms with Crippen LogP contribution in [0.5, 0.6) is 0 Å². The molecule has 1 fully saturated rings. The van der Waals surface area contributed by atoms with Gasteiger partial charge in [-0.05, 0) is 88.8 Å². The molecule has 1 aliphatic rings. The smallest absolute Gasteiger partial charge is 0.410 e. The van der Waals surface area contributed by atoms with Gasteiger partial charge in [0.1, 0.15) is 11.2 Å². The molecular weight excluding hydrogens is 471 g/mol. The Kier molecular flexibility index (Phi) is 6.89. The van der Waals surface area contributed by atoms with Gasteiger partial charge in [-0.3, -0.25) is 0 Å². The van der Waals surface area contributed by atoms with Gasteiger partial charge in [0.05, 0.1) is 5.56 Å². The van der Waals surface area contributed by atoms with E-state index in [4.69, 9.17) is 9.47 Å². The Labute approximate surface area is 181 Å². The van der Waals surface area contributed by atoms with E-state index in [-0.39, 0.29) is 12.1 Å². The van der Waals surface area contributed by atoms with Crippen LogP contribution in [0.15, 0.2) is 12.1 Å². The predicted octanol–water partition coefficient (Wildman–Crippen LogP) is 4.61. The third-order valence-corrected chi connectivity index (χ3v) is 5.36. The Balaban J connectivity index is 2.13. The van der Waals surface area contributed by atoms with E-state index >= 15 is 0 Å². The number of anilines is 1. The molecule has 0 radical (unpaired) electrons. The maximum Gasteiger partial charge on any atom is 0.410 e. The zero-order valence-electron chi connectivity index (χ0n) is 17.9. The van der Waals surface area contributed by atoms with Crippen molar-refractivity contribution >= 4 is 40.3 Å². The number of amides is 1. The van der Waals surface area contributed by atoms with E-state index in [1.54, 1.807) is 4.90 Å². The van der Waals surface area contributed by atoms with Crippen molar-refractivity contribution in [3.05, 3.63) is 26.8 Å². The van der Waals surface area contributed by atoms with Crippen LogP contribution >= 0.6 is 22.6 Å². The molecule has 1 aromatic rings. The summed E-state index contributed by atoms with van der Waals surface area (Å²) in [7, 11) is 0. The average Bonchev–Trinajstić information content (AvgIpc) is 2.54. The predicted molar refractivity (Wildman–Crippen MR) is 119 cm³/mol. The molecule has 0 unspecified atom stereocenters. The topological polar surface area (TPSA) is 59.1 Å². The highest BCUT2D eigenvalue weighted by Gasteiger charge is 2.27. The molecule has 0 aliphatic carbocycles. The number of benzene rings is 1. The van der Waals surface area contributed by atoms with Gasteiger partial charge in [-0.15, -0.1) is 0 Å². The van der Waals surface area contributed by atoms with E-state index in [0.717, 1.165) is 14.8 Å². The van der Waals surface area contributed by atoms with Gasteiger partial charge in [0.25, 0.3) is 0 Å². The first kappa shape index (κ1) is 22.8. The minimum atomic E-state index is -0.538. The number of nitrogens with zero attached hydrogens (tertiary/aromatic N) is 2. The number of rotatable bonds is 2. The number of hydrogen-bond donors (Lipinski definition) is 0. The van der Waals surface area contributed by atoms with Crippen LogP contribution in [0.2, 0.25) is 0 Å². The van der Waals surface area contributed by atoms with E-state index < -0.39 is 11.2 Å². The van der Waals surface area contributed by atoms with Crippen molar-refractivity contribution in [3.63, 3.8) is 0 Å². The Morgan fingerprint density at radius 1 is 0.929 bits per heavy atom. The highest BCUT2D eigenvalue weighted by atomic mass is 127. The molecule has 156 valence electrons. The van der Waals surface area contributed by atoms with E-state index in [1.807, 2.05) is 54.5 Å². The second kappa shape index (κ2) is 8.47. The van der Waals surface area contributed by atoms with E-state index in [1.165, 1.54) is 0 Å². The van der Waals surface area contributed by atoms with Crippen LogP contribution in [0.3, 0.4) is 0 Å². The molecule has 0 N–H and O–H groups in total. The van der Waals surface area contributed by atoms with Crippen LogP contribution in [0.1, 0.15) is 57.5 Å². The number of piperazine rings is 1. The molecule has 0 aromatic heterocycles. The van der Waals surface area contributed by atoms with Gasteiger partial charge >= 0.3 is 12.1 Å². The minimum absolute atomic E-state index is 0.278. The normalized spacial score (nSPS) is 15.4. The minimum Gasteiger partial charge on any atom is -0.456 e. The molecule has 6 nitrogen and oxygen atoms in total. The SMILES string of the molecule is Cc1c(I)cc(N2CCN(C(=O)OC(C)(C)C)CC2)cc1C(=O)OC(C)(C)C. The van der Waals surface area contributed by atoms with Gasteiger partial charge in [0.2, 0.25) is 0 Å². The summed E-state index contributed by atoms with van der Waals surface area (Å²) in [6.45, 7) is 15.7. The zero-order valence-corrected chi connectivity index (χ0v) is 20.0. The maximum atomic E-state index is 12.6.